The average Bonchev–Trinajstić information content (AvgIpc) is 3.09. The van der Waals surface area contributed by atoms with E-state index >= 15 is 0 Å². The molecule has 3 heteroatoms. The third-order valence-corrected chi connectivity index (χ3v) is 4.37. The summed E-state index contributed by atoms with van der Waals surface area (Å²) < 4.78 is 5.79. The summed E-state index contributed by atoms with van der Waals surface area (Å²) in [5.74, 6) is 1.87. The average molecular weight is 292 g/mol. The van der Waals surface area contributed by atoms with Crippen LogP contribution in [0.2, 0.25) is 0 Å². The number of rotatable bonds is 9. The maximum atomic E-state index is 5.79. The summed E-state index contributed by atoms with van der Waals surface area (Å²) in [5, 5.41) is 3.48. The van der Waals surface area contributed by atoms with Crippen LogP contribution in [0.5, 0.6) is 0 Å². The molecule has 1 fully saturated rings. The molecule has 1 aromatic rings. The van der Waals surface area contributed by atoms with Gasteiger partial charge in [-0.1, -0.05) is 33.6 Å². The second kappa shape index (κ2) is 8.60. The van der Waals surface area contributed by atoms with Crippen LogP contribution in [-0.4, -0.2) is 24.0 Å². The van der Waals surface area contributed by atoms with Gasteiger partial charge < -0.3 is 9.73 Å². The van der Waals surface area contributed by atoms with Crippen LogP contribution in [0.4, 0.5) is 0 Å². The Kier molecular flexibility index (Phi) is 6.78. The monoisotopic (exact) mass is 292 g/mol. The minimum absolute atomic E-state index is 0.710. The maximum Gasteiger partial charge on any atom is 0.122 e. The SMILES string of the molecule is CCCNCc1ccoc1CN(CC(C)C)C1CCCC1. The molecule has 2 rings (SSSR count). The summed E-state index contributed by atoms with van der Waals surface area (Å²) in [4.78, 5) is 2.65. The van der Waals surface area contributed by atoms with Gasteiger partial charge in [-0.15, -0.1) is 0 Å². The van der Waals surface area contributed by atoms with Gasteiger partial charge in [0.05, 0.1) is 12.8 Å². The van der Waals surface area contributed by atoms with Gasteiger partial charge in [0.25, 0.3) is 0 Å². The summed E-state index contributed by atoms with van der Waals surface area (Å²) >= 11 is 0. The lowest BCUT2D eigenvalue weighted by molar-refractivity contribution is 0.156. The number of furan rings is 1. The van der Waals surface area contributed by atoms with Crippen molar-refractivity contribution in [3.63, 3.8) is 0 Å². The fraction of sp³-hybridized carbons (Fsp3) is 0.778. The number of hydrogen-bond donors (Lipinski definition) is 1. The first-order valence-corrected chi connectivity index (χ1v) is 8.70. The molecule has 0 amide bonds. The predicted octanol–water partition coefficient (Wildman–Crippen LogP) is 4.18. The lowest BCUT2D eigenvalue weighted by Crippen LogP contribution is -2.36. The molecule has 0 radical (unpaired) electrons. The number of nitrogens with zero attached hydrogens (tertiary/aromatic N) is 1. The Morgan fingerprint density at radius 3 is 2.76 bits per heavy atom. The van der Waals surface area contributed by atoms with Crippen molar-refractivity contribution >= 4 is 0 Å². The Balaban J connectivity index is 1.97. The minimum atomic E-state index is 0.710. The molecule has 0 spiro atoms. The van der Waals surface area contributed by atoms with E-state index in [-0.39, 0.29) is 0 Å². The Morgan fingerprint density at radius 2 is 2.10 bits per heavy atom. The number of nitrogens with one attached hydrogen (secondary N) is 1. The summed E-state index contributed by atoms with van der Waals surface area (Å²) in [6, 6.07) is 2.88. The highest BCUT2D eigenvalue weighted by Crippen LogP contribution is 2.26. The predicted molar refractivity (Wildman–Crippen MR) is 88.2 cm³/mol. The van der Waals surface area contributed by atoms with Gasteiger partial charge >= 0.3 is 0 Å². The van der Waals surface area contributed by atoms with Crippen LogP contribution in [0.3, 0.4) is 0 Å². The first-order chi connectivity index (χ1) is 10.2. The molecule has 1 heterocycles. The molecular formula is C18H32N2O. The summed E-state index contributed by atoms with van der Waals surface area (Å²) in [6.07, 6.45) is 8.52. The largest absolute Gasteiger partial charge is 0.468 e. The van der Waals surface area contributed by atoms with Crippen molar-refractivity contribution in [3.8, 4) is 0 Å². The lowest BCUT2D eigenvalue weighted by atomic mass is 10.1. The highest BCUT2D eigenvalue weighted by molar-refractivity contribution is 5.17. The Morgan fingerprint density at radius 1 is 1.33 bits per heavy atom. The first-order valence-electron chi connectivity index (χ1n) is 8.70. The van der Waals surface area contributed by atoms with E-state index in [4.69, 9.17) is 4.42 Å². The highest BCUT2D eigenvalue weighted by Gasteiger charge is 2.24. The molecule has 1 aliphatic carbocycles. The van der Waals surface area contributed by atoms with E-state index in [2.05, 4.69) is 37.1 Å². The number of hydrogen-bond acceptors (Lipinski definition) is 3. The van der Waals surface area contributed by atoms with Crippen molar-refractivity contribution in [1.82, 2.24) is 10.2 Å². The molecule has 0 bridgehead atoms. The molecule has 120 valence electrons. The molecular weight excluding hydrogens is 260 g/mol. The molecule has 1 aromatic heterocycles. The van der Waals surface area contributed by atoms with Gasteiger partial charge in [-0.05, 0) is 37.8 Å². The third-order valence-electron chi connectivity index (χ3n) is 4.37. The molecule has 0 aromatic carbocycles. The van der Waals surface area contributed by atoms with Gasteiger partial charge in [-0.2, -0.15) is 0 Å². The summed E-state index contributed by atoms with van der Waals surface area (Å²) in [5.41, 5.74) is 1.33. The van der Waals surface area contributed by atoms with Gasteiger partial charge in [0.1, 0.15) is 5.76 Å². The van der Waals surface area contributed by atoms with Gasteiger partial charge in [0.15, 0.2) is 0 Å². The smallest absolute Gasteiger partial charge is 0.122 e. The van der Waals surface area contributed by atoms with Gasteiger partial charge in [0, 0.05) is 24.7 Å². The minimum Gasteiger partial charge on any atom is -0.468 e. The van der Waals surface area contributed by atoms with E-state index in [9.17, 15) is 0 Å². The molecule has 0 aliphatic heterocycles. The molecule has 0 atom stereocenters. The van der Waals surface area contributed by atoms with Crippen molar-refractivity contribution in [2.24, 2.45) is 5.92 Å². The van der Waals surface area contributed by atoms with E-state index in [1.54, 1.807) is 0 Å². The van der Waals surface area contributed by atoms with Crippen molar-refractivity contribution in [3.05, 3.63) is 23.7 Å². The van der Waals surface area contributed by atoms with E-state index < -0.39 is 0 Å². The van der Waals surface area contributed by atoms with Crippen molar-refractivity contribution in [2.45, 2.75) is 72.0 Å². The quantitative estimate of drug-likeness (QED) is 0.692. The Bertz CT molecular complexity index is 394. The van der Waals surface area contributed by atoms with Crippen molar-refractivity contribution in [1.29, 1.82) is 0 Å². The van der Waals surface area contributed by atoms with E-state index in [1.165, 1.54) is 44.2 Å². The highest BCUT2D eigenvalue weighted by atomic mass is 16.3. The van der Waals surface area contributed by atoms with E-state index in [0.29, 0.717) is 5.92 Å². The van der Waals surface area contributed by atoms with Crippen LogP contribution in [0, 0.1) is 5.92 Å². The fourth-order valence-electron chi connectivity index (χ4n) is 3.33. The van der Waals surface area contributed by atoms with E-state index in [0.717, 1.165) is 31.4 Å². The molecule has 1 aliphatic rings. The molecule has 1 saturated carbocycles. The Hall–Kier alpha value is -0.800. The maximum absolute atomic E-state index is 5.79. The van der Waals surface area contributed by atoms with Crippen LogP contribution < -0.4 is 5.32 Å². The standard InChI is InChI=1S/C18H32N2O/c1-4-10-19-12-16-9-11-21-18(16)14-20(13-15(2)3)17-7-5-6-8-17/h9,11,15,17,19H,4-8,10,12-14H2,1-3H3. The fourth-order valence-corrected chi connectivity index (χ4v) is 3.33. The van der Waals surface area contributed by atoms with Gasteiger partial charge in [-0.25, -0.2) is 0 Å². The first kappa shape index (κ1) is 16.6. The molecule has 0 unspecified atom stereocenters. The lowest BCUT2D eigenvalue weighted by Gasteiger charge is -2.30. The topological polar surface area (TPSA) is 28.4 Å². The summed E-state index contributed by atoms with van der Waals surface area (Å²) in [7, 11) is 0. The van der Waals surface area contributed by atoms with Crippen LogP contribution in [0.25, 0.3) is 0 Å². The second-order valence-corrected chi connectivity index (χ2v) is 6.81. The van der Waals surface area contributed by atoms with Crippen molar-refractivity contribution < 1.29 is 4.42 Å². The molecule has 0 saturated heterocycles. The van der Waals surface area contributed by atoms with E-state index in [1.807, 2.05) is 6.26 Å². The van der Waals surface area contributed by atoms with Crippen molar-refractivity contribution in [2.75, 3.05) is 13.1 Å². The Labute approximate surface area is 130 Å². The van der Waals surface area contributed by atoms with Gasteiger partial charge in [-0.3, -0.25) is 4.90 Å². The molecule has 1 N–H and O–H groups in total. The summed E-state index contributed by atoms with van der Waals surface area (Å²) in [6.45, 7) is 11.0. The van der Waals surface area contributed by atoms with Gasteiger partial charge in [0.2, 0.25) is 0 Å². The molecule has 3 nitrogen and oxygen atoms in total. The van der Waals surface area contributed by atoms with Crippen LogP contribution in [0.1, 0.15) is 64.2 Å². The zero-order valence-corrected chi connectivity index (χ0v) is 14.0. The molecule has 21 heavy (non-hydrogen) atoms. The zero-order valence-electron chi connectivity index (χ0n) is 14.0. The normalized spacial score (nSPS) is 16.4. The van der Waals surface area contributed by atoms with Crippen LogP contribution in [-0.2, 0) is 13.1 Å². The zero-order chi connectivity index (χ0) is 15.1. The third kappa shape index (κ3) is 5.15. The van der Waals surface area contributed by atoms with Crippen LogP contribution >= 0.6 is 0 Å². The van der Waals surface area contributed by atoms with Crippen LogP contribution in [0.15, 0.2) is 16.7 Å². The second-order valence-electron chi connectivity index (χ2n) is 6.81.